The number of fused-ring (bicyclic) bond motifs is 2. The number of hydrogen-bond acceptors (Lipinski definition) is 6. The van der Waals surface area contributed by atoms with Crippen LogP contribution in [0, 0.1) is 58.2 Å². The summed E-state index contributed by atoms with van der Waals surface area (Å²) in [4.78, 5) is 42.8. The minimum absolute atomic E-state index is 0.00105. The van der Waals surface area contributed by atoms with Gasteiger partial charge in [0.15, 0.2) is 0 Å². The first-order valence-electron chi connectivity index (χ1n) is 14.2. The number of rotatable bonds is 4. The van der Waals surface area contributed by atoms with Gasteiger partial charge in [0.05, 0.1) is 12.0 Å². The van der Waals surface area contributed by atoms with Crippen molar-refractivity contribution < 1.29 is 23.9 Å². The summed E-state index contributed by atoms with van der Waals surface area (Å²) in [5.74, 6) is 3.00. The van der Waals surface area contributed by atoms with E-state index in [1.54, 1.807) is 7.11 Å². The average Bonchev–Trinajstić information content (AvgIpc) is 3.59. The molecule has 4 bridgehead atoms. The number of methoxy groups -OCH3 is 1. The number of ketones is 1. The SMILES string of the molecule is C#CC[C@]1(C)C[C@@H](OC(=O)NC(=O)[C@H]2CN3CC[C@@H]2C3)[C@@]2(C)C3C(OC)CCC3(CC[C@H]2C)[C@@H](C)C1=O. The van der Waals surface area contributed by atoms with Crippen molar-refractivity contribution in [1.82, 2.24) is 10.2 Å². The summed E-state index contributed by atoms with van der Waals surface area (Å²) >= 11 is 0. The predicted molar refractivity (Wildman–Crippen MR) is 139 cm³/mol. The van der Waals surface area contributed by atoms with Crippen LogP contribution in [0.25, 0.3) is 0 Å². The third kappa shape index (κ3) is 3.97. The Morgan fingerprint density at radius 2 is 1.89 bits per heavy atom. The molecular formula is C30H44N2O5. The van der Waals surface area contributed by atoms with Gasteiger partial charge in [-0.1, -0.05) is 27.7 Å². The van der Waals surface area contributed by atoms with E-state index in [9.17, 15) is 14.4 Å². The fraction of sp³-hybridized carbons (Fsp3) is 0.833. The molecule has 3 aliphatic carbocycles. The maximum atomic E-state index is 14.1. The number of imide groups is 1. The number of Topliss-reactive ketones (excluding diaryl/α,β-unsaturated/α-hetero) is 1. The van der Waals surface area contributed by atoms with E-state index >= 15 is 0 Å². The van der Waals surface area contributed by atoms with Gasteiger partial charge < -0.3 is 14.4 Å². The van der Waals surface area contributed by atoms with Gasteiger partial charge in [-0.3, -0.25) is 14.9 Å². The molecule has 0 aromatic heterocycles. The first kappa shape index (κ1) is 26.7. The van der Waals surface area contributed by atoms with Crippen molar-refractivity contribution in [1.29, 1.82) is 0 Å². The number of ether oxygens (including phenoxy) is 2. The van der Waals surface area contributed by atoms with E-state index in [1.807, 2.05) is 6.92 Å². The maximum absolute atomic E-state index is 14.1. The Morgan fingerprint density at radius 1 is 1.16 bits per heavy atom. The summed E-state index contributed by atoms with van der Waals surface area (Å²) in [6.45, 7) is 11.2. The van der Waals surface area contributed by atoms with E-state index in [-0.39, 0.29) is 46.9 Å². The number of alkyl carbamates (subject to hydrolysis) is 1. The van der Waals surface area contributed by atoms with Gasteiger partial charge in [0, 0.05) is 49.3 Å². The molecule has 0 aromatic rings. The fourth-order valence-corrected chi connectivity index (χ4v) is 9.48. The summed E-state index contributed by atoms with van der Waals surface area (Å²) in [5.41, 5.74) is -1.43. The van der Waals surface area contributed by atoms with Crippen molar-refractivity contribution in [3.63, 3.8) is 0 Å². The second-order valence-electron chi connectivity index (χ2n) is 13.4. The zero-order valence-electron chi connectivity index (χ0n) is 23.2. The molecule has 0 aromatic carbocycles. The molecule has 0 radical (unpaired) electrons. The van der Waals surface area contributed by atoms with Crippen LogP contribution in [0.5, 0.6) is 0 Å². The van der Waals surface area contributed by atoms with E-state index in [1.165, 1.54) is 0 Å². The van der Waals surface area contributed by atoms with Crippen molar-refractivity contribution in [3.05, 3.63) is 0 Å². The lowest BCUT2D eigenvalue weighted by atomic mass is 9.44. The van der Waals surface area contributed by atoms with Crippen molar-refractivity contribution in [3.8, 4) is 12.3 Å². The minimum atomic E-state index is -0.803. The third-order valence-electron chi connectivity index (χ3n) is 11.8. The Hall–Kier alpha value is -1.91. The highest BCUT2D eigenvalue weighted by Gasteiger charge is 2.68. The quantitative estimate of drug-likeness (QED) is 0.572. The molecular weight excluding hydrogens is 468 g/mol. The van der Waals surface area contributed by atoms with Crippen LogP contribution in [0.15, 0.2) is 0 Å². The summed E-state index contributed by atoms with van der Waals surface area (Å²) in [6.07, 6.45) is 9.92. The first-order chi connectivity index (χ1) is 17.5. The Kier molecular flexibility index (Phi) is 6.76. The highest BCUT2D eigenvalue weighted by atomic mass is 16.6. The number of terminal acetylenes is 1. The Balaban J connectivity index is 1.48. The molecule has 0 spiro atoms. The largest absolute Gasteiger partial charge is 0.445 e. The van der Waals surface area contributed by atoms with E-state index in [0.29, 0.717) is 25.3 Å². The number of carbonyl (C=O) groups excluding carboxylic acids is 3. The van der Waals surface area contributed by atoms with Gasteiger partial charge in [0.25, 0.3) is 0 Å². The summed E-state index contributed by atoms with van der Waals surface area (Å²) in [5, 5.41) is 2.58. The molecule has 7 heteroatoms. The van der Waals surface area contributed by atoms with Crippen LogP contribution in [0.3, 0.4) is 0 Å². The van der Waals surface area contributed by atoms with Gasteiger partial charge in [0.2, 0.25) is 5.91 Å². The Labute approximate surface area is 221 Å². The monoisotopic (exact) mass is 512 g/mol. The number of nitrogens with one attached hydrogen (secondary N) is 1. The van der Waals surface area contributed by atoms with Crippen molar-refractivity contribution in [2.24, 2.45) is 45.8 Å². The van der Waals surface area contributed by atoms with Crippen molar-refractivity contribution in [2.45, 2.75) is 84.8 Å². The molecule has 37 heavy (non-hydrogen) atoms. The predicted octanol–water partition coefficient (Wildman–Crippen LogP) is 4.05. The lowest BCUT2D eigenvalue weighted by molar-refractivity contribution is -0.191. The molecule has 5 fully saturated rings. The standard InChI is InChI=1S/C30H44N2O5/c1-7-11-28(4)15-23(37-27(35)31-26(34)21-17-32-14-10-20(21)16-32)29(5)18(2)8-12-30(19(3)25(28)33)13-9-22(36-6)24(29)30/h1,18-24H,8-17H2,2-6H3,(H,31,34,35)/t18-,19+,20-,21+,22?,23-,24?,28-,29+,30?/m1/s1. The normalized spacial score (nSPS) is 48.5. The van der Waals surface area contributed by atoms with Crippen LogP contribution in [-0.2, 0) is 19.1 Å². The molecule has 2 amide bonds. The smallest absolute Gasteiger partial charge is 0.414 e. The van der Waals surface area contributed by atoms with Gasteiger partial charge in [-0.05, 0) is 62.3 Å². The van der Waals surface area contributed by atoms with Crippen LogP contribution < -0.4 is 5.32 Å². The molecule has 4 unspecified atom stereocenters. The third-order valence-corrected chi connectivity index (χ3v) is 11.8. The van der Waals surface area contributed by atoms with Crippen molar-refractivity contribution >= 4 is 17.8 Å². The van der Waals surface area contributed by atoms with Crippen LogP contribution in [0.4, 0.5) is 4.79 Å². The molecule has 7 nitrogen and oxygen atoms in total. The van der Waals surface area contributed by atoms with Gasteiger partial charge in [-0.25, -0.2) is 4.79 Å². The van der Waals surface area contributed by atoms with E-state index in [0.717, 1.165) is 45.2 Å². The van der Waals surface area contributed by atoms with Crippen LogP contribution >= 0.6 is 0 Å². The van der Waals surface area contributed by atoms with Gasteiger partial charge in [-0.2, -0.15) is 0 Å². The number of piperidine rings is 1. The molecule has 5 aliphatic rings. The average molecular weight is 513 g/mol. The number of hydrogen-bond donors (Lipinski definition) is 1. The number of carbonyl (C=O) groups is 3. The second-order valence-corrected chi connectivity index (χ2v) is 13.4. The van der Waals surface area contributed by atoms with Gasteiger partial charge in [-0.15, -0.1) is 12.3 Å². The Morgan fingerprint density at radius 3 is 2.51 bits per heavy atom. The van der Waals surface area contributed by atoms with Crippen LogP contribution in [0.2, 0.25) is 0 Å². The van der Waals surface area contributed by atoms with Crippen molar-refractivity contribution in [2.75, 3.05) is 26.7 Å². The fourth-order valence-electron chi connectivity index (χ4n) is 9.48. The van der Waals surface area contributed by atoms with Crippen LogP contribution in [-0.4, -0.2) is 61.6 Å². The topological polar surface area (TPSA) is 84.9 Å². The second kappa shape index (κ2) is 9.38. The lowest BCUT2D eigenvalue weighted by Crippen LogP contribution is -2.63. The molecule has 2 heterocycles. The van der Waals surface area contributed by atoms with E-state index < -0.39 is 23.0 Å². The first-order valence-corrected chi connectivity index (χ1v) is 14.2. The Bertz CT molecular complexity index is 1010. The van der Waals surface area contributed by atoms with Gasteiger partial charge in [0.1, 0.15) is 11.9 Å². The zero-order chi connectivity index (χ0) is 26.8. The minimum Gasteiger partial charge on any atom is -0.445 e. The molecule has 2 saturated heterocycles. The summed E-state index contributed by atoms with van der Waals surface area (Å²) in [6, 6.07) is 0. The van der Waals surface area contributed by atoms with Crippen LogP contribution in [0.1, 0.15) is 72.6 Å². The van der Waals surface area contributed by atoms with E-state index in [2.05, 4.69) is 36.9 Å². The maximum Gasteiger partial charge on any atom is 0.414 e. The summed E-state index contributed by atoms with van der Waals surface area (Å²) < 4.78 is 12.3. The molecule has 3 saturated carbocycles. The highest BCUT2D eigenvalue weighted by molar-refractivity contribution is 5.93. The van der Waals surface area contributed by atoms with Gasteiger partial charge >= 0.3 is 6.09 Å². The molecule has 2 aliphatic heterocycles. The molecule has 1 N–H and O–H groups in total. The lowest BCUT2D eigenvalue weighted by Gasteiger charge is -2.61. The molecule has 204 valence electrons. The molecule has 5 rings (SSSR count). The number of nitrogens with zero attached hydrogens (tertiary/aromatic N) is 1. The zero-order valence-corrected chi connectivity index (χ0v) is 23.2. The van der Waals surface area contributed by atoms with E-state index in [4.69, 9.17) is 15.9 Å². The summed E-state index contributed by atoms with van der Waals surface area (Å²) in [7, 11) is 1.76. The number of amides is 2. The molecule has 11 atom stereocenters. The highest BCUT2D eigenvalue weighted by Crippen LogP contribution is 2.68.